The van der Waals surface area contributed by atoms with Crippen LogP contribution in [0.4, 0.5) is 5.82 Å². The molecule has 0 radical (unpaired) electrons. The van der Waals surface area contributed by atoms with Crippen LogP contribution in [0.3, 0.4) is 0 Å². The van der Waals surface area contributed by atoms with Crippen molar-refractivity contribution in [1.29, 1.82) is 0 Å². The molecule has 3 rings (SSSR count). The number of hydrogen-bond donors (Lipinski definition) is 1. The zero-order valence-corrected chi connectivity index (χ0v) is 13.6. The van der Waals surface area contributed by atoms with Gasteiger partial charge in [-0.2, -0.15) is 0 Å². The minimum absolute atomic E-state index is 0.194. The molecule has 0 bridgehead atoms. The highest BCUT2D eigenvalue weighted by Gasteiger charge is 2.22. The second-order valence-electron chi connectivity index (χ2n) is 5.05. The molecule has 5 heteroatoms. The highest BCUT2D eigenvalue weighted by molar-refractivity contribution is 8.00. The maximum Gasteiger partial charge on any atom is 0.208 e. The Labute approximate surface area is 141 Å². The molecule has 1 aromatic heterocycles. The Balaban J connectivity index is 2.06. The minimum Gasteiger partial charge on any atom is -0.345 e. The molecule has 120 valence electrons. The first-order valence-corrected chi connectivity index (χ1v) is 8.89. The first-order chi connectivity index (χ1) is 11.7. The fourth-order valence-corrected chi connectivity index (χ4v) is 3.66. The fourth-order valence-electron chi connectivity index (χ4n) is 2.23. The molecule has 1 heterocycles. The Morgan fingerprint density at radius 3 is 2.08 bits per heavy atom. The predicted molar refractivity (Wildman–Crippen MR) is 95.9 cm³/mol. The van der Waals surface area contributed by atoms with Crippen LogP contribution in [0, 0.1) is 0 Å². The van der Waals surface area contributed by atoms with Crippen LogP contribution >= 0.6 is 0 Å². The molecule has 0 saturated heterocycles. The summed E-state index contributed by atoms with van der Waals surface area (Å²) in [6.45, 7) is 0. The molecule has 2 aromatic carbocycles. The van der Waals surface area contributed by atoms with Gasteiger partial charge in [0.1, 0.15) is 5.82 Å². The Morgan fingerprint density at radius 1 is 0.833 bits per heavy atom. The van der Waals surface area contributed by atoms with Gasteiger partial charge in [-0.05, 0) is 29.8 Å². The molecule has 0 unspecified atom stereocenters. The van der Waals surface area contributed by atoms with Crippen molar-refractivity contribution in [3.63, 3.8) is 0 Å². The lowest BCUT2D eigenvalue weighted by Crippen LogP contribution is -2.06. The first-order valence-electron chi connectivity index (χ1n) is 7.41. The molecule has 0 amide bonds. The average Bonchev–Trinajstić information content (AvgIpc) is 2.64. The number of anilines is 1. The summed E-state index contributed by atoms with van der Waals surface area (Å²) in [6.07, 6.45) is 3.13. The highest BCUT2D eigenvalue weighted by atomic mass is 32.2. The lowest BCUT2D eigenvalue weighted by molar-refractivity contribution is 0.606. The third-order valence-corrected chi connectivity index (χ3v) is 5.24. The molecule has 3 aromatic rings. The molecule has 0 fully saturated rings. The van der Waals surface area contributed by atoms with Gasteiger partial charge in [-0.15, -0.1) is 0 Å². The Hall–Kier alpha value is -2.92. The van der Waals surface area contributed by atoms with Crippen molar-refractivity contribution in [3.8, 4) is 0 Å². The van der Waals surface area contributed by atoms with Crippen LogP contribution in [0.5, 0.6) is 0 Å². The quantitative estimate of drug-likeness (QED) is 0.766. The maximum atomic E-state index is 13.0. The van der Waals surface area contributed by atoms with E-state index in [1.807, 2.05) is 24.3 Å². The number of pyridine rings is 1. The first kappa shape index (κ1) is 16.0. The van der Waals surface area contributed by atoms with Crippen molar-refractivity contribution in [3.05, 3.63) is 96.8 Å². The molecule has 1 N–H and O–H groups in total. The van der Waals surface area contributed by atoms with Crippen molar-refractivity contribution >= 4 is 20.6 Å². The molecule has 0 spiro atoms. The van der Waals surface area contributed by atoms with E-state index in [4.69, 9.17) is 0 Å². The van der Waals surface area contributed by atoms with Crippen molar-refractivity contribution < 1.29 is 8.42 Å². The summed E-state index contributed by atoms with van der Waals surface area (Å²) < 4.78 is 26.1. The summed E-state index contributed by atoms with van der Waals surface area (Å²) in [5, 5.41) is 2.97. The van der Waals surface area contributed by atoms with Gasteiger partial charge in [0.15, 0.2) is 0 Å². The molecule has 0 atom stereocenters. The van der Waals surface area contributed by atoms with E-state index in [1.54, 1.807) is 60.8 Å². The third-order valence-electron chi connectivity index (χ3n) is 3.42. The summed E-state index contributed by atoms with van der Waals surface area (Å²) >= 11 is 0. The SMILES string of the molecule is O=S(=O)(C(=CNc1ccccn1)c1ccccc1)c1ccccc1. The Morgan fingerprint density at radius 2 is 1.46 bits per heavy atom. The zero-order valence-electron chi connectivity index (χ0n) is 12.8. The normalized spacial score (nSPS) is 11.9. The van der Waals surface area contributed by atoms with Gasteiger partial charge in [-0.3, -0.25) is 0 Å². The maximum absolute atomic E-state index is 13.0. The van der Waals surface area contributed by atoms with Crippen LogP contribution in [-0.2, 0) is 9.84 Å². The Bertz CT molecular complexity index is 923. The number of hydrogen-bond acceptors (Lipinski definition) is 4. The van der Waals surface area contributed by atoms with Gasteiger partial charge in [-0.25, -0.2) is 13.4 Å². The van der Waals surface area contributed by atoms with E-state index in [-0.39, 0.29) is 9.80 Å². The van der Waals surface area contributed by atoms with Crippen LogP contribution in [0.15, 0.2) is 96.2 Å². The summed E-state index contributed by atoms with van der Waals surface area (Å²) in [7, 11) is -3.65. The molecule has 0 aliphatic rings. The van der Waals surface area contributed by atoms with E-state index < -0.39 is 9.84 Å². The van der Waals surface area contributed by atoms with Crippen LogP contribution in [0.2, 0.25) is 0 Å². The van der Waals surface area contributed by atoms with Crippen molar-refractivity contribution in [2.75, 3.05) is 5.32 Å². The van der Waals surface area contributed by atoms with Crippen LogP contribution in [0.1, 0.15) is 5.56 Å². The number of benzene rings is 2. The monoisotopic (exact) mass is 336 g/mol. The number of aromatic nitrogens is 1. The second kappa shape index (κ2) is 7.10. The summed E-state index contributed by atoms with van der Waals surface area (Å²) in [6, 6.07) is 22.8. The van der Waals surface area contributed by atoms with E-state index in [2.05, 4.69) is 10.3 Å². The minimum atomic E-state index is -3.65. The van der Waals surface area contributed by atoms with Gasteiger partial charge in [0.25, 0.3) is 0 Å². The topological polar surface area (TPSA) is 59.1 Å². The van der Waals surface area contributed by atoms with E-state index in [1.165, 1.54) is 6.20 Å². The van der Waals surface area contributed by atoms with E-state index in [0.717, 1.165) is 0 Å². The zero-order chi connectivity index (χ0) is 16.8. The second-order valence-corrected chi connectivity index (χ2v) is 6.97. The smallest absolute Gasteiger partial charge is 0.208 e. The van der Waals surface area contributed by atoms with Crippen LogP contribution in [-0.4, -0.2) is 13.4 Å². The fraction of sp³-hybridized carbons (Fsp3) is 0. The van der Waals surface area contributed by atoms with Crippen molar-refractivity contribution in [2.24, 2.45) is 0 Å². The highest BCUT2D eigenvalue weighted by Crippen LogP contribution is 2.27. The molecule has 0 aliphatic heterocycles. The lowest BCUT2D eigenvalue weighted by Gasteiger charge is -2.10. The summed E-state index contributed by atoms with van der Waals surface area (Å²) in [5.74, 6) is 0.578. The van der Waals surface area contributed by atoms with Crippen molar-refractivity contribution in [1.82, 2.24) is 4.98 Å². The number of nitrogens with zero attached hydrogens (tertiary/aromatic N) is 1. The molecular formula is C19H16N2O2S. The standard InChI is InChI=1S/C19H16N2O2S/c22-24(23,17-11-5-2-6-12-17)18(16-9-3-1-4-10-16)15-21-19-13-7-8-14-20-19/h1-15H,(H,20,21). The van der Waals surface area contributed by atoms with Gasteiger partial charge < -0.3 is 5.32 Å². The van der Waals surface area contributed by atoms with Gasteiger partial charge in [0.05, 0.1) is 9.80 Å². The van der Waals surface area contributed by atoms with Gasteiger partial charge in [-0.1, -0.05) is 54.6 Å². The Kier molecular flexibility index (Phi) is 4.72. The third kappa shape index (κ3) is 3.52. The predicted octanol–water partition coefficient (Wildman–Crippen LogP) is 3.97. The number of nitrogens with one attached hydrogen (secondary N) is 1. The summed E-state index contributed by atoms with van der Waals surface area (Å²) in [4.78, 5) is 4.60. The molecule has 24 heavy (non-hydrogen) atoms. The average molecular weight is 336 g/mol. The molecule has 4 nitrogen and oxygen atoms in total. The van der Waals surface area contributed by atoms with Crippen LogP contribution < -0.4 is 5.32 Å². The number of rotatable bonds is 5. The van der Waals surface area contributed by atoms with Gasteiger partial charge in [0, 0.05) is 12.4 Å². The van der Waals surface area contributed by atoms with E-state index in [9.17, 15) is 8.42 Å². The molecule has 0 aliphatic carbocycles. The van der Waals surface area contributed by atoms with Gasteiger partial charge >= 0.3 is 0 Å². The lowest BCUT2D eigenvalue weighted by atomic mass is 10.2. The molecular weight excluding hydrogens is 320 g/mol. The van der Waals surface area contributed by atoms with E-state index in [0.29, 0.717) is 11.4 Å². The van der Waals surface area contributed by atoms with Gasteiger partial charge in [0.2, 0.25) is 9.84 Å². The van der Waals surface area contributed by atoms with E-state index >= 15 is 0 Å². The molecule has 0 saturated carbocycles. The van der Waals surface area contributed by atoms with Crippen LogP contribution in [0.25, 0.3) is 4.91 Å². The number of sulfone groups is 1. The summed E-state index contributed by atoms with van der Waals surface area (Å²) in [5.41, 5.74) is 0.616. The largest absolute Gasteiger partial charge is 0.345 e. The van der Waals surface area contributed by atoms with Crippen molar-refractivity contribution in [2.45, 2.75) is 4.90 Å².